The molecule has 0 aromatic heterocycles. The standard InChI is InChI=1S/C23H28O6/c1-23(2)28-21-19(26-13-15-9-5-3-6-10-15)17(24)18(25)20(22(21)29-23)27-14-16-11-7-4-8-12-16/h3-12,17-22,24-25H,13-14H2,1-2H3/t17-,18+,19-,20-,21+,22-/m1/s1. The van der Waals surface area contributed by atoms with Crippen LogP contribution in [0.3, 0.4) is 0 Å². The number of hydrogen-bond donors (Lipinski definition) is 2. The van der Waals surface area contributed by atoms with E-state index in [1.807, 2.05) is 74.5 Å². The van der Waals surface area contributed by atoms with Gasteiger partial charge in [0, 0.05) is 0 Å². The summed E-state index contributed by atoms with van der Waals surface area (Å²) in [6.45, 7) is 4.23. The van der Waals surface area contributed by atoms with Crippen LogP contribution in [0.15, 0.2) is 60.7 Å². The van der Waals surface area contributed by atoms with E-state index in [-0.39, 0.29) is 0 Å². The normalized spacial score (nSPS) is 33.4. The van der Waals surface area contributed by atoms with E-state index in [2.05, 4.69) is 0 Å². The van der Waals surface area contributed by atoms with Gasteiger partial charge in [0.1, 0.15) is 36.6 Å². The molecule has 6 nitrogen and oxygen atoms in total. The van der Waals surface area contributed by atoms with Crippen LogP contribution in [0.2, 0.25) is 0 Å². The van der Waals surface area contributed by atoms with Gasteiger partial charge in [-0.1, -0.05) is 60.7 Å². The van der Waals surface area contributed by atoms with Crippen molar-refractivity contribution in [3.8, 4) is 0 Å². The number of rotatable bonds is 6. The molecule has 6 heteroatoms. The second kappa shape index (κ2) is 8.52. The van der Waals surface area contributed by atoms with E-state index in [0.29, 0.717) is 13.2 Å². The summed E-state index contributed by atoms with van der Waals surface area (Å²) in [6, 6.07) is 19.4. The first-order chi connectivity index (χ1) is 13.9. The SMILES string of the molecule is CC1(C)O[C@@H]2[C@H](O1)[C@H](OCc1ccccc1)[C@@H](O)[C@@H](O)[C@H]2OCc1ccccc1. The Balaban J connectivity index is 1.50. The molecule has 1 saturated carbocycles. The van der Waals surface area contributed by atoms with Crippen LogP contribution in [0, 0.1) is 0 Å². The summed E-state index contributed by atoms with van der Waals surface area (Å²) in [5.74, 6) is -0.859. The lowest BCUT2D eigenvalue weighted by molar-refractivity contribution is -0.223. The Morgan fingerprint density at radius 1 is 0.724 bits per heavy atom. The quantitative estimate of drug-likeness (QED) is 0.776. The molecular weight excluding hydrogens is 372 g/mol. The summed E-state index contributed by atoms with van der Waals surface area (Å²) in [7, 11) is 0. The fraction of sp³-hybridized carbons (Fsp3) is 0.478. The van der Waals surface area contributed by atoms with Gasteiger partial charge < -0.3 is 29.2 Å². The fourth-order valence-electron chi connectivity index (χ4n) is 4.02. The van der Waals surface area contributed by atoms with Gasteiger partial charge in [-0.25, -0.2) is 0 Å². The minimum Gasteiger partial charge on any atom is -0.387 e. The average molecular weight is 400 g/mol. The van der Waals surface area contributed by atoms with Gasteiger partial charge in [0.25, 0.3) is 0 Å². The zero-order valence-corrected chi connectivity index (χ0v) is 16.7. The van der Waals surface area contributed by atoms with Crippen LogP contribution in [0.4, 0.5) is 0 Å². The monoisotopic (exact) mass is 400 g/mol. The van der Waals surface area contributed by atoms with Crippen molar-refractivity contribution in [2.24, 2.45) is 0 Å². The molecule has 2 fully saturated rings. The Morgan fingerprint density at radius 3 is 1.48 bits per heavy atom. The van der Waals surface area contributed by atoms with Gasteiger partial charge in [-0.3, -0.25) is 0 Å². The van der Waals surface area contributed by atoms with Crippen LogP contribution in [-0.4, -0.2) is 52.6 Å². The minimum absolute atomic E-state index is 0.303. The number of benzene rings is 2. The Bertz CT molecular complexity index is 715. The molecule has 4 rings (SSSR count). The van der Waals surface area contributed by atoms with Crippen LogP contribution >= 0.6 is 0 Å². The molecule has 1 aliphatic carbocycles. The number of aliphatic hydroxyl groups excluding tert-OH is 2. The highest BCUT2D eigenvalue weighted by Gasteiger charge is 2.58. The van der Waals surface area contributed by atoms with Crippen LogP contribution < -0.4 is 0 Å². The van der Waals surface area contributed by atoms with Crippen molar-refractivity contribution in [1.29, 1.82) is 0 Å². The van der Waals surface area contributed by atoms with Crippen molar-refractivity contribution in [2.45, 2.75) is 69.5 Å². The predicted molar refractivity (Wildman–Crippen MR) is 106 cm³/mol. The maximum atomic E-state index is 10.8. The van der Waals surface area contributed by atoms with Gasteiger partial charge in [0.15, 0.2) is 5.79 Å². The highest BCUT2D eigenvalue weighted by molar-refractivity contribution is 5.15. The molecule has 0 spiro atoms. The number of ether oxygens (including phenoxy) is 4. The van der Waals surface area contributed by atoms with Crippen LogP contribution in [0.1, 0.15) is 25.0 Å². The molecule has 29 heavy (non-hydrogen) atoms. The third-order valence-corrected chi connectivity index (χ3v) is 5.40. The third-order valence-electron chi connectivity index (χ3n) is 5.40. The summed E-state index contributed by atoms with van der Waals surface area (Å²) in [4.78, 5) is 0. The third kappa shape index (κ3) is 4.53. The van der Waals surface area contributed by atoms with E-state index in [1.54, 1.807) is 0 Å². The van der Waals surface area contributed by atoms with E-state index in [1.165, 1.54) is 0 Å². The molecule has 2 N–H and O–H groups in total. The zero-order valence-electron chi connectivity index (χ0n) is 16.7. The Kier molecular flexibility index (Phi) is 6.01. The first-order valence-electron chi connectivity index (χ1n) is 9.97. The van der Waals surface area contributed by atoms with Gasteiger partial charge in [-0.15, -0.1) is 0 Å². The lowest BCUT2D eigenvalue weighted by atomic mass is 9.84. The number of hydrogen-bond acceptors (Lipinski definition) is 6. The second-order valence-corrected chi connectivity index (χ2v) is 8.07. The van der Waals surface area contributed by atoms with Gasteiger partial charge in [-0.2, -0.15) is 0 Å². The first-order valence-corrected chi connectivity index (χ1v) is 9.97. The molecule has 6 atom stereocenters. The van der Waals surface area contributed by atoms with E-state index in [0.717, 1.165) is 11.1 Å². The topological polar surface area (TPSA) is 77.4 Å². The molecule has 2 aliphatic rings. The molecule has 0 radical (unpaired) electrons. The molecule has 1 aliphatic heterocycles. The summed E-state index contributed by atoms with van der Waals surface area (Å²) >= 11 is 0. The maximum absolute atomic E-state index is 10.8. The van der Waals surface area contributed by atoms with Gasteiger partial charge in [0.05, 0.1) is 13.2 Å². The molecule has 0 amide bonds. The van der Waals surface area contributed by atoms with Crippen molar-refractivity contribution < 1.29 is 29.2 Å². The van der Waals surface area contributed by atoms with Crippen molar-refractivity contribution in [2.75, 3.05) is 0 Å². The fourth-order valence-corrected chi connectivity index (χ4v) is 4.02. The average Bonchev–Trinajstić information content (AvgIpc) is 3.04. The van der Waals surface area contributed by atoms with Gasteiger partial charge in [-0.05, 0) is 25.0 Å². The molecule has 2 aromatic rings. The number of fused-ring (bicyclic) bond motifs is 1. The summed E-state index contributed by atoms with van der Waals surface area (Å²) in [5.41, 5.74) is 1.96. The van der Waals surface area contributed by atoms with Crippen LogP contribution in [-0.2, 0) is 32.2 Å². The minimum atomic E-state index is -1.15. The molecule has 1 heterocycles. The van der Waals surface area contributed by atoms with Gasteiger partial charge >= 0.3 is 0 Å². The van der Waals surface area contributed by atoms with Gasteiger partial charge in [0.2, 0.25) is 0 Å². The Hall–Kier alpha value is -1.80. The lowest BCUT2D eigenvalue weighted by Crippen LogP contribution is -2.63. The highest BCUT2D eigenvalue weighted by Crippen LogP contribution is 2.40. The molecule has 156 valence electrons. The molecule has 1 saturated heterocycles. The zero-order chi connectivity index (χ0) is 20.4. The molecule has 2 aromatic carbocycles. The Labute approximate surface area is 171 Å². The lowest BCUT2D eigenvalue weighted by Gasteiger charge is -2.43. The first kappa shape index (κ1) is 20.5. The smallest absolute Gasteiger partial charge is 0.164 e. The predicted octanol–water partition coefficient (Wildman–Crippen LogP) is 2.41. The van der Waals surface area contributed by atoms with Crippen molar-refractivity contribution in [3.05, 3.63) is 71.8 Å². The van der Waals surface area contributed by atoms with E-state index >= 15 is 0 Å². The summed E-state index contributed by atoms with van der Waals surface area (Å²) < 4.78 is 24.1. The summed E-state index contributed by atoms with van der Waals surface area (Å²) in [5, 5.41) is 21.6. The van der Waals surface area contributed by atoms with Crippen molar-refractivity contribution >= 4 is 0 Å². The Morgan fingerprint density at radius 2 is 1.10 bits per heavy atom. The summed E-state index contributed by atoms with van der Waals surface area (Å²) in [6.07, 6.45) is -4.86. The van der Waals surface area contributed by atoms with Crippen LogP contribution in [0.25, 0.3) is 0 Å². The van der Waals surface area contributed by atoms with Crippen molar-refractivity contribution in [1.82, 2.24) is 0 Å². The second-order valence-electron chi connectivity index (χ2n) is 8.07. The molecular formula is C23H28O6. The van der Waals surface area contributed by atoms with Crippen LogP contribution in [0.5, 0.6) is 0 Å². The van der Waals surface area contributed by atoms with E-state index in [4.69, 9.17) is 18.9 Å². The van der Waals surface area contributed by atoms with E-state index in [9.17, 15) is 10.2 Å². The molecule has 0 unspecified atom stereocenters. The maximum Gasteiger partial charge on any atom is 0.164 e. The number of aliphatic hydroxyl groups is 2. The van der Waals surface area contributed by atoms with Crippen molar-refractivity contribution in [3.63, 3.8) is 0 Å². The molecule has 0 bridgehead atoms. The van der Waals surface area contributed by atoms with E-state index < -0.39 is 42.4 Å². The largest absolute Gasteiger partial charge is 0.387 e. The highest BCUT2D eigenvalue weighted by atomic mass is 16.8.